The number of ketones is 1. The lowest BCUT2D eigenvalue weighted by molar-refractivity contribution is 0.101. The number of hydrogen-bond donors (Lipinski definition) is 0. The number of nitrogens with zero attached hydrogens (tertiary/aromatic N) is 1. The number of anilines is 1. The van der Waals surface area contributed by atoms with E-state index in [1.54, 1.807) is 6.92 Å². The van der Waals surface area contributed by atoms with E-state index >= 15 is 0 Å². The molecule has 3 nitrogen and oxygen atoms in total. The summed E-state index contributed by atoms with van der Waals surface area (Å²) >= 11 is 0. The molecule has 1 aliphatic heterocycles. The molecule has 0 bridgehead atoms. The third-order valence-corrected chi connectivity index (χ3v) is 4.71. The van der Waals surface area contributed by atoms with Crippen molar-refractivity contribution in [3.63, 3.8) is 0 Å². The topological polar surface area (TPSA) is 29.5 Å². The monoisotopic (exact) mass is 337 g/mol. The van der Waals surface area contributed by atoms with Crippen LogP contribution in [0.4, 0.5) is 5.69 Å². The summed E-state index contributed by atoms with van der Waals surface area (Å²) in [6, 6.07) is 14.5. The number of ether oxygens (including phenoxy) is 1. The van der Waals surface area contributed by atoms with Gasteiger partial charge in [-0.2, -0.15) is 0 Å². The van der Waals surface area contributed by atoms with E-state index in [9.17, 15) is 4.79 Å². The fourth-order valence-corrected chi connectivity index (χ4v) is 3.23. The van der Waals surface area contributed by atoms with Crippen molar-refractivity contribution in [3.8, 4) is 5.75 Å². The van der Waals surface area contributed by atoms with Crippen molar-refractivity contribution in [2.75, 3.05) is 11.4 Å². The lowest BCUT2D eigenvalue weighted by Crippen LogP contribution is -2.38. The minimum atomic E-state index is 0.0795. The van der Waals surface area contributed by atoms with Crippen molar-refractivity contribution in [3.05, 3.63) is 59.2 Å². The highest BCUT2D eigenvalue weighted by Crippen LogP contribution is 2.35. The van der Waals surface area contributed by atoms with Gasteiger partial charge in [0.05, 0.1) is 12.2 Å². The summed E-state index contributed by atoms with van der Waals surface area (Å²) in [7, 11) is 0. The minimum Gasteiger partial charge on any atom is -0.487 e. The molecule has 0 saturated heterocycles. The molecule has 0 radical (unpaired) electrons. The zero-order valence-corrected chi connectivity index (χ0v) is 15.8. The van der Waals surface area contributed by atoms with Crippen LogP contribution in [0.25, 0.3) is 0 Å². The fourth-order valence-electron chi connectivity index (χ4n) is 3.23. The van der Waals surface area contributed by atoms with Gasteiger partial charge in [0.25, 0.3) is 0 Å². The first-order valence-corrected chi connectivity index (χ1v) is 8.90. The van der Waals surface area contributed by atoms with Gasteiger partial charge in [-0.3, -0.25) is 4.79 Å². The van der Waals surface area contributed by atoms with Gasteiger partial charge in [-0.05, 0) is 48.6 Å². The Morgan fingerprint density at radius 2 is 1.84 bits per heavy atom. The van der Waals surface area contributed by atoms with E-state index in [0.29, 0.717) is 0 Å². The summed E-state index contributed by atoms with van der Waals surface area (Å²) in [5, 5.41) is 0. The summed E-state index contributed by atoms with van der Waals surface area (Å²) in [6.07, 6.45) is 0.129. The van der Waals surface area contributed by atoms with Crippen LogP contribution in [-0.4, -0.2) is 18.4 Å². The van der Waals surface area contributed by atoms with Gasteiger partial charge in [-0.15, -0.1) is 0 Å². The number of carbonyl (C=O) groups excluding carboxylic acids is 1. The third kappa shape index (κ3) is 3.87. The van der Waals surface area contributed by atoms with Gasteiger partial charge in [-0.25, -0.2) is 0 Å². The van der Waals surface area contributed by atoms with Crippen LogP contribution in [0.15, 0.2) is 42.5 Å². The summed E-state index contributed by atoms with van der Waals surface area (Å²) in [5.41, 5.74) is 4.50. The van der Waals surface area contributed by atoms with Gasteiger partial charge in [0.15, 0.2) is 5.78 Å². The Morgan fingerprint density at radius 3 is 2.44 bits per heavy atom. The summed E-state index contributed by atoms with van der Waals surface area (Å²) in [6.45, 7) is 12.0. The average Bonchev–Trinajstić information content (AvgIpc) is 2.54. The highest BCUT2D eigenvalue weighted by molar-refractivity contribution is 5.95. The molecule has 132 valence electrons. The summed E-state index contributed by atoms with van der Waals surface area (Å²) in [4.78, 5) is 14.0. The number of hydrogen-bond acceptors (Lipinski definition) is 3. The van der Waals surface area contributed by atoms with Gasteiger partial charge < -0.3 is 9.64 Å². The highest BCUT2D eigenvalue weighted by atomic mass is 16.5. The minimum absolute atomic E-state index is 0.0795. The Kier molecular flexibility index (Phi) is 4.59. The van der Waals surface area contributed by atoms with E-state index in [4.69, 9.17) is 4.74 Å². The smallest absolute Gasteiger partial charge is 0.159 e. The molecule has 3 rings (SSSR count). The maximum atomic E-state index is 11.7. The number of Topliss-reactive ketones (excluding diaryl/α,β-unsaturated/α-hetero) is 1. The molecule has 1 heterocycles. The molecule has 3 heteroatoms. The van der Waals surface area contributed by atoms with Gasteiger partial charge >= 0.3 is 0 Å². The predicted octanol–water partition coefficient (Wildman–Crippen LogP) is 4.97. The molecule has 0 saturated carbocycles. The molecule has 2 aromatic rings. The second kappa shape index (κ2) is 6.55. The number of benzene rings is 2. The summed E-state index contributed by atoms with van der Waals surface area (Å²) in [5.74, 6) is 0.936. The van der Waals surface area contributed by atoms with E-state index in [1.165, 1.54) is 11.1 Å². The Labute approximate surface area is 150 Å². The summed E-state index contributed by atoms with van der Waals surface area (Å²) < 4.78 is 5.95. The maximum absolute atomic E-state index is 11.7. The van der Waals surface area contributed by atoms with Crippen molar-refractivity contribution in [2.45, 2.75) is 52.7 Å². The Balaban J connectivity index is 1.88. The van der Waals surface area contributed by atoms with E-state index < -0.39 is 0 Å². The van der Waals surface area contributed by atoms with Crippen LogP contribution in [0.5, 0.6) is 5.75 Å². The van der Waals surface area contributed by atoms with Crippen LogP contribution in [0, 0.1) is 0 Å². The SMILES string of the molecule is CC(=O)c1ccc2c(c1)N(Cc1ccc(C(C)(C)C)cc1)CC(C)O2. The Bertz CT molecular complexity index is 772. The second-order valence-electron chi connectivity index (χ2n) is 7.99. The third-order valence-electron chi connectivity index (χ3n) is 4.71. The van der Waals surface area contributed by atoms with Crippen LogP contribution in [0.2, 0.25) is 0 Å². The quantitative estimate of drug-likeness (QED) is 0.740. The molecule has 25 heavy (non-hydrogen) atoms. The van der Waals surface area contributed by atoms with Gasteiger partial charge in [0.2, 0.25) is 0 Å². The molecule has 1 unspecified atom stereocenters. The number of carbonyl (C=O) groups is 1. The second-order valence-corrected chi connectivity index (χ2v) is 7.99. The van der Waals surface area contributed by atoms with Gasteiger partial charge in [-0.1, -0.05) is 45.0 Å². The van der Waals surface area contributed by atoms with Crippen molar-refractivity contribution in [1.29, 1.82) is 0 Å². The molecular weight excluding hydrogens is 310 g/mol. The van der Waals surface area contributed by atoms with Crippen LogP contribution in [-0.2, 0) is 12.0 Å². The first-order chi connectivity index (χ1) is 11.7. The Hall–Kier alpha value is -2.29. The lowest BCUT2D eigenvalue weighted by atomic mass is 9.87. The van der Waals surface area contributed by atoms with Crippen molar-refractivity contribution >= 4 is 11.5 Å². The molecule has 0 aliphatic carbocycles. The van der Waals surface area contributed by atoms with Crippen LogP contribution >= 0.6 is 0 Å². The average molecular weight is 337 g/mol. The van der Waals surface area contributed by atoms with Crippen molar-refractivity contribution in [2.24, 2.45) is 0 Å². The van der Waals surface area contributed by atoms with E-state index in [1.807, 2.05) is 18.2 Å². The lowest BCUT2D eigenvalue weighted by Gasteiger charge is -2.35. The largest absolute Gasteiger partial charge is 0.487 e. The van der Waals surface area contributed by atoms with Crippen LogP contribution in [0.3, 0.4) is 0 Å². The zero-order valence-electron chi connectivity index (χ0n) is 15.8. The Morgan fingerprint density at radius 1 is 1.16 bits per heavy atom. The number of rotatable bonds is 3. The molecular formula is C22H27NO2. The van der Waals surface area contributed by atoms with E-state index in [2.05, 4.69) is 56.9 Å². The molecule has 0 fully saturated rings. The normalized spacial score (nSPS) is 17.0. The molecule has 0 aromatic heterocycles. The first kappa shape index (κ1) is 17.5. The van der Waals surface area contributed by atoms with Crippen LogP contribution in [0.1, 0.15) is 56.1 Å². The number of fused-ring (bicyclic) bond motifs is 1. The molecule has 2 aromatic carbocycles. The molecule has 0 spiro atoms. The van der Waals surface area contributed by atoms with Gasteiger partial charge in [0, 0.05) is 12.1 Å². The molecule has 0 N–H and O–H groups in total. The standard InChI is InChI=1S/C22H27NO2/c1-15-13-23(14-17-6-9-19(10-7-17)22(3,4)5)20-12-18(16(2)24)8-11-21(20)25-15/h6-12,15H,13-14H2,1-5H3. The fraction of sp³-hybridized carbons (Fsp3) is 0.409. The molecule has 1 aliphatic rings. The molecule has 1 atom stereocenters. The van der Waals surface area contributed by atoms with Crippen molar-refractivity contribution < 1.29 is 9.53 Å². The first-order valence-electron chi connectivity index (χ1n) is 8.90. The van der Waals surface area contributed by atoms with E-state index in [-0.39, 0.29) is 17.3 Å². The van der Waals surface area contributed by atoms with Crippen LogP contribution < -0.4 is 9.64 Å². The predicted molar refractivity (Wildman–Crippen MR) is 103 cm³/mol. The maximum Gasteiger partial charge on any atom is 0.159 e. The van der Waals surface area contributed by atoms with Gasteiger partial charge in [0.1, 0.15) is 11.9 Å². The van der Waals surface area contributed by atoms with E-state index in [0.717, 1.165) is 30.1 Å². The highest BCUT2D eigenvalue weighted by Gasteiger charge is 2.24. The zero-order chi connectivity index (χ0) is 18.2. The molecule has 0 amide bonds. The van der Waals surface area contributed by atoms with Crippen molar-refractivity contribution in [1.82, 2.24) is 0 Å².